The van der Waals surface area contributed by atoms with Gasteiger partial charge in [0.25, 0.3) is 5.91 Å². The molecule has 0 saturated carbocycles. The summed E-state index contributed by atoms with van der Waals surface area (Å²) in [5.41, 5.74) is 4.20. The summed E-state index contributed by atoms with van der Waals surface area (Å²) < 4.78 is 5.61. The average molecular weight is 282 g/mol. The minimum atomic E-state index is 0.00572. The van der Waals surface area contributed by atoms with Gasteiger partial charge in [-0.1, -0.05) is 24.3 Å². The Bertz CT molecular complexity index is 657. The summed E-state index contributed by atoms with van der Waals surface area (Å²) in [5, 5.41) is 0. The molecule has 0 N–H and O–H groups in total. The molecule has 0 radical (unpaired) electrons. The van der Waals surface area contributed by atoms with Crippen molar-refractivity contribution < 1.29 is 9.53 Å². The second-order valence-electron chi connectivity index (χ2n) is 5.34. The van der Waals surface area contributed by atoms with Crippen molar-refractivity contribution in [2.24, 2.45) is 0 Å². The van der Waals surface area contributed by atoms with Gasteiger partial charge in [-0.05, 0) is 37.1 Å². The molecular weight excluding hydrogens is 264 g/mol. The number of rotatable bonds is 3. The monoisotopic (exact) mass is 282 g/mol. The third-order valence-corrected chi connectivity index (χ3v) is 3.72. The number of hydrogen-bond donors (Lipinski definition) is 0. The van der Waals surface area contributed by atoms with Crippen LogP contribution in [0.1, 0.15) is 22.5 Å². The number of ether oxygens (including phenoxy) is 1. The van der Waals surface area contributed by atoms with Crippen molar-refractivity contribution in [2.75, 3.05) is 6.61 Å². The summed E-state index contributed by atoms with van der Waals surface area (Å²) in [6.45, 7) is 5.22. The van der Waals surface area contributed by atoms with Crippen molar-refractivity contribution in [1.82, 2.24) is 9.88 Å². The van der Waals surface area contributed by atoms with Crippen LogP contribution < -0.4 is 4.74 Å². The molecule has 1 aliphatic heterocycles. The van der Waals surface area contributed by atoms with Crippen LogP contribution in [0.15, 0.2) is 36.4 Å². The van der Waals surface area contributed by atoms with Crippen molar-refractivity contribution in [2.45, 2.75) is 26.9 Å². The van der Waals surface area contributed by atoms with E-state index in [0.29, 0.717) is 18.8 Å². The molecule has 0 fully saturated rings. The van der Waals surface area contributed by atoms with Gasteiger partial charge in [-0.2, -0.15) is 0 Å². The smallest absolute Gasteiger partial charge is 0.261 e. The zero-order chi connectivity index (χ0) is 14.8. The Labute approximate surface area is 124 Å². The highest BCUT2D eigenvalue weighted by Crippen LogP contribution is 2.22. The fraction of sp³-hybridized carbons (Fsp3) is 0.294. The first-order chi connectivity index (χ1) is 10.1. The molecule has 21 heavy (non-hydrogen) atoms. The number of nitrogens with zero attached hydrogens (tertiary/aromatic N) is 2. The Morgan fingerprint density at radius 1 is 1.14 bits per heavy atom. The molecule has 1 aromatic heterocycles. The minimum Gasteiger partial charge on any atom is -0.482 e. The topological polar surface area (TPSA) is 42.4 Å². The van der Waals surface area contributed by atoms with Crippen LogP contribution in [0.3, 0.4) is 0 Å². The molecule has 1 aliphatic rings. The lowest BCUT2D eigenvalue weighted by molar-refractivity contribution is -0.134. The number of carbonyl (C=O) groups excluding carboxylic acids is 1. The van der Waals surface area contributed by atoms with Crippen molar-refractivity contribution in [3.63, 3.8) is 0 Å². The Morgan fingerprint density at radius 3 is 2.43 bits per heavy atom. The van der Waals surface area contributed by atoms with Gasteiger partial charge in [0.1, 0.15) is 5.75 Å². The number of carbonyl (C=O) groups is 1. The number of benzene rings is 1. The Hall–Kier alpha value is -2.36. The predicted octanol–water partition coefficient (Wildman–Crippen LogP) is 2.62. The van der Waals surface area contributed by atoms with Gasteiger partial charge in [-0.3, -0.25) is 9.78 Å². The molecule has 0 atom stereocenters. The maximum Gasteiger partial charge on any atom is 0.261 e. The number of fused-ring (bicyclic) bond motifs is 1. The molecule has 2 heterocycles. The summed E-state index contributed by atoms with van der Waals surface area (Å²) >= 11 is 0. The number of aromatic nitrogens is 1. The standard InChI is InChI=1S/C17H18N2O2/c1-12-7-8-16(13(2)18-12)21-11-17(20)19-9-14-5-3-4-6-15(14)10-19/h3-8H,9-11H2,1-2H3. The molecule has 3 rings (SSSR count). The zero-order valence-corrected chi connectivity index (χ0v) is 12.3. The molecule has 4 heteroatoms. The number of amides is 1. The molecule has 1 amide bonds. The van der Waals surface area contributed by atoms with Gasteiger partial charge in [0, 0.05) is 18.8 Å². The van der Waals surface area contributed by atoms with E-state index in [9.17, 15) is 4.79 Å². The fourth-order valence-corrected chi connectivity index (χ4v) is 2.57. The maximum absolute atomic E-state index is 12.2. The van der Waals surface area contributed by atoms with Crippen LogP contribution in [0.2, 0.25) is 0 Å². The third kappa shape index (κ3) is 2.89. The van der Waals surface area contributed by atoms with Crippen LogP contribution in [-0.4, -0.2) is 22.4 Å². The molecule has 0 saturated heterocycles. The largest absolute Gasteiger partial charge is 0.482 e. The van der Waals surface area contributed by atoms with Gasteiger partial charge in [0.15, 0.2) is 6.61 Å². The second-order valence-corrected chi connectivity index (χ2v) is 5.34. The summed E-state index contributed by atoms with van der Waals surface area (Å²) in [6, 6.07) is 11.9. The first-order valence-corrected chi connectivity index (χ1v) is 7.05. The van der Waals surface area contributed by atoms with Crippen molar-refractivity contribution in [1.29, 1.82) is 0 Å². The minimum absolute atomic E-state index is 0.00572. The first-order valence-electron chi connectivity index (χ1n) is 7.05. The van der Waals surface area contributed by atoms with Crippen LogP contribution in [0.5, 0.6) is 5.75 Å². The summed E-state index contributed by atoms with van der Waals surface area (Å²) in [4.78, 5) is 18.4. The van der Waals surface area contributed by atoms with Gasteiger partial charge in [0.2, 0.25) is 0 Å². The zero-order valence-electron chi connectivity index (χ0n) is 12.3. The molecule has 0 aliphatic carbocycles. The quantitative estimate of drug-likeness (QED) is 0.869. The third-order valence-electron chi connectivity index (χ3n) is 3.72. The van der Waals surface area contributed by atoms with Gasteiger partial charge in [0.05, 0.1) is 5.69 Å². The molecule has 2 aromatic rings. The van der Waals surface area contributed by atoms with E-state index in [-0.39, 0.29) is 12.5 Å². The second kappa shape index (κ2) is 5.56. The van der Waals surface area contributed by atoms with E-state index < -0.39 is 0 Å². The van der Waals surface area contributed by atoms with E-state index >= 15 is 0 Å². The average Bonchev–Trinajstić information content (AvgIpc) is 2.90. The summed E-state index contributed by atoms with van der Waals surface area (Å²) in [6.07, 6.45) is 0. The normalized spacial score (nSPS) is 13.1. The van der Waals surface area contributed by atoms with Gasteiger partial charge in [-0.15, -0.1) is 0 Å². The molecule has 108 valence electrons. The predicted molar refractivity (Wildman–Crippen MR) is 79.9 cm³/mol. The Morgan fingerprint density at radius 2 is 1.81 bits per heavy atom. The highest BCUT2D eigenvalue weighted by molar-refractivity contribution is 5.78. The fourth-order valence-electron chi connectivity index (χ4n) is 2.57. The molecule has 0 bridgehead atoms. The van der Waals surface area contributed by atoms with Crippen LogP contribution >= 0.6 is 0 Å². The molecule has 4 nitrogen and oxygen atoms in total. The van der Waals surface area contributed by atoms with Crippen LogP contribution in [0.4, 0.5) is 0 Å². The Balaban J connectivity index is 1.61. The van der Waals surface area contributed by atoms with E-state index in [1.165, 1.54) is 11.1 Å². The van der Waals surface area contributed by atoms with Crippen LogP contribution in [0.25, 0.3) is 0 Å². The van der Waals surface area contributed by atoms with Crippen LogP contribution in [-0.2, 0) is 17.9 Å². The lowest BCUT2D eigenvalue weighted by Crippen LogP contribution is -2.30. The number of aryl methyl sites for hydroxylation is 2. The number of hydrogen-bond acceptors (Lipinski definition) is 3. The van der Waals surface area contributed by atoms with Crippen molar-refractivity contribution in [3.05, 3.63) is 58.9 Å². The van der Waals surface area contributed by atoms with E-state index in [2.05, 4.69) is 17.1 Å². The Kier molecular flexibility index (Phi) is 3.60. The van der Waals surface area contributed by atoms with E-state index in [1.54, 1.807) is 0 Å². The highest BCUT2D eigenvalue weighted by Gasteiger charge is 2.23. The van der Waals surface area contributed by atoms with Crippen molar-refractivity contribution in [3.8, 4) is 5.75 Å². The van der Waals surface area contributed by atoms with Gasteiger partial charge < -0.3 is 9.64 Å². The van der Waals surface area contributed by atoms with Gasteiger partial charge in [-0.25, -0.2) is 0 Å². The lowest BCUT2D eigenvalue weighted by atomic mass is 10.1. The SMILES string of the molecule is Cc1ccc(OCC(=O)N2Cc3ccccc3C2)c(C)n1. The number of pyridine rings is 1. The molecule has 1 aromatic carbocycles. The summed E-state index contributed by atoms with van der Waals surface area (Å²) in [7, 11) is 0. The van der Waals surface area contributed by atoms with E-state index in [0.717, 1.165) is 11.4 Å². The van der Waals surface area contributed by atoms with Crippen LogP contribution in [0, 0.1) is 13.8 Å². The van der Waals surface area contributed by atoms with E-state index in [1.807, 2.05) is 43.0 Å². The molecular formula is C17H18N2O2. The highest BCUT2D eigenvalue weighted by atomic mass is 16.5. The van der Waals surface area contributed by atoms with E-state index in [4.69, 9.17) is 4.74 Å². The van der Waals surface area contributed by atoms with Crippen molar-refractivity contribution >= 4 is 5.91 Å². The van der Waals surface area contributed by atoms with Gasteiger partial charge >= 0.3 is 0 Å². The molecule has 0 spiro atoms. The molecule has 0 unspecified atom stereocenters. The first kappa shape index (κ1) is 13.6. The lowest BCUT2D eigenvalue weighted by Gasteiger charge is -2.16. The summed E-state index contributed by atoms with van der Waals surface area (Å²) in [5.74, 6) is 0.678. The maximum atomic E-state index is 12.2.